The standard InChI is InChI=1S/C21H35N5O2S/c1-4-28-20(27)18-7-11-26(12-8-18)21(22-3)23-13-17-5-9-25(10-6-17)14-19-15-29-16(2)24-19/h15,17-18H,4-14H2,1-3H3,(H,22,23). The molecule has 162 valence electrons. The van der Waals surface area contributed by atoms with Crippen LogP contribution in [0.1, 0.15) is 43.3 Å². The minimum absolute atomic E-state index is 0.0372. The summed E-state index contributed by atoms with van der Waals surface area (Å²) in [4.78, 5) is 25.8. The lowest BCUT2D eigenvalue weighted by atomic mass is 9.96. The number of ether oxygens (including phenoxy) is 1. The SMILES string of the molecule is CCOC(=O)C1CCN(C(=NC)NCC2CCN(Cc3csc(C)n3)CC2)CC1. The van der Waals surface area contributed by atoms with Gasteiger partial charge >= 0.3 is 5.97 Å². The molecule has 2 aliphatic heterocycles. The van der Waals surface area contributed by atoms with Crippen molar-refractivity contribution in [1.29, 1.82) is 0 Å². The number of aryl methyl sites for hydroxylation is 1. The van der Waals surface area contributed by atoms with Crippen molar-refractivity contribution in [2.75, 3.05) is 46.4 Å². The summed E-state index contributed by atoms with van der Waals surface area (Å²) in [6.45, 7) is 10.3. The predicted molar refractivity (Wildman–Crippen MR) is 117 cm³/mol. The van der Waals surface area contributed by atoms with Gasteiger partial charge in [0.05, 0.1) is 23.2 Å². The normalized spacial score (nSPS) is 20.1. The van der Waals surface area contributed by atoms with E-state index in [0.29, 0.717) is 12.5 Å². The first-order valence-corrected chi connectivity index (χ1v) is 11.7. The Morgan fingerprint density at radius 2 is 2.00 bits per heavy atom. The van der Waals surface area contributed by atoms with Crippen molar-refractivity contribution in [2.45, 2.75) is 46.1 Å². The number of aliphatic imine (C=N–C) groups is 1. The number of carbonyl (C=O) groups is 1. The topological polar surface area (TPSA) is 70.1 Å². The zero-order chi connectivity index (χ0) is 20.6. The van der Waals surface area contributed by atoms with Crippen LogP contribution in [0, 0.1) is 18.8 Å². The van der Waals surface area contributed by atoms with E-state index in [0.717, 1.165) is 63.1 Å². The van der Waals surface area contributed by atoms with Crippen LogP contribution in [0.2, 0.25) is 0 Å². The van der Waals surface area contributed by atoms with E-state index >= 15 is 0 Å². The predicted octanol–water partition coefficient (Wildman–Crippen LogP) is 2.51. The van der Waals surface area contributed by atoms with Gasteiger partial charge in [0.1, 0.15) is 0 Å². The summed E-state index contributed by atoms with van der Waals surface area (Å²) in [6, 6.07) is 0. The molecule has 0 unspecified atom stereocenters. The van der Waals surface area contributed by atoms with E-state index in [4.69, 9.17) is 4.74 Å². The summed E-state index contributed by atoms with van der Waals surface area (Å²) in [6.07, 6.45) is 4.10. The van der Waals surface area contributed by atoms with Crippen LogP contribution < -0.4 is 5.32 Å². The molecule has 2 fully saturated rings. The van der Waals surface area contributed by atoms with E-state index < -0.39 is 0 Å². The average molecular weight is 422 g/mol. The van der Waals surface area contributed by atoms with Crippen molar-refractivity contribution < 1.29 is 9.53 Å². The molecule has 0 spiro atoms. The molecule has 3 rings (SSSR count). The lowest BCUT2D eigenvalue weighted by molar-refractivity contribution is -0.149. The van der Waals surface area contributed by atoms with Crippen LogP contribution in [0.3, 0.4) is 0 Å². The first-order chi connectivity index (χ1) is 14.1. The third-order valence-electron chi connectivity index (χ3n) is 5.93. The summed E-state index contributed by atoms with van der Waals surface area (Å²) in [5.41, 5.74) is 1.20. The minimum Gasteiger partial charge on any atom is -0.466 e. The van der Waals surface area contributed by atoms with Gasteiger partial charge in [-0.25, -0.2) is 4.98 Å². The number of thiazole rings is 1. The monoisotopic (exact) mass is 421 g/mol. The third kappa shape index (κ3) is 6.40. The molecule has 2 saturated heterocycles. The highest BCUT2D eigenvalue weighted by Gasteiger charge is 2.28. The van der Waals surface area contributed by atoms with Gasteiger partial charge in [0.15, 0.2) is 5.96 Å². The van der Waals surface area contributed by atoms with Crippen LogP contribution in [0.15, 0.2) is 10.4 Å². The summed E-state index contributed by atoms with van der Waals surface area (Å²) in [7, 11) is 1.85. The maximum absolute atomic E-state index is 11.9. The number of guanidine groups is 1. The molecule has 1 N–H and O–H groups in total. The molecule has 8 heteroatoms. The summed E-state index contributed by atoms with van der Waals surface area (Å²) >= 11 is 1.73. The number of aromatic nitrogens is 1. The van der Waals surface area contributed by atoms with Gasteiger partial charge < -0.3 is 15.0 Å². The lowest BCUT2D eigenvalue weighted by Gasteiger charge is -2.35. The van der Waals surface area contributed by atoms with Crippen molar-refractivity contribution in [3.8, 4) is 0 Å². The molecule has 0 atom stereocenters. The van der Waals surface area contributed by atoms with Crippen molar-refractivity contribution in [3.05, 3.63) is 16.1 Å². The average Bonchev–Trinajstić information content (AvgIpc) is 3.15. The van der Waals surface area contributed by atoms with Gasteiger partial charge in [-0.2, -0.15) is 0 Å². The van der Waals surface area contributed by atoms with Crippen LogP contribution in [0.25, 0.3) is 0 Å². The highest BCUT2D eigenvalue weighted by Crippen LogP contribution is 2.21. The maximum Gasteiger partial charge on any atom is 0.309 e. The van der Waals surface area contributed by atoms with E-state index in [1.165, 1.54) is 18.5 Å². The Morgan fingerprint density at radius 1 is 1.28 bits per heavy atom. The Hall–Kier alpha value is -1.67. The zero-order valence-electron chi connectivity index (χ0n) is 18.0. The van der Waals surface area contributed by atoms with Crippen molar-refractivity contribution in [2.24, 2.45) is 16.8 Å². The fraction of sp³-hybridized carbons (Fsp3) is 0.762. The van der Waals surface area contributed by atoms with Crippen LogP contribution in [0.5, 0.6) is 0 Å². The number of nitrogens with zero attached hydrogens (tertiary/aromatic N) is 4. The quantitative estimate of drug-likeness (QED) is 0.432. The van der Waals surface area contributed by atoms with E-state index in [2.05, 4.69) is 37.4 Å². The number of rotatable bonds is 6. The molecule has 0 amide bonds. The summed E-state index contributed by atoms with van der Waals surface area (Å²) in [5.74, 6) is 1.63. The first-order valence-electron chi connectivity index (χ1n) is 10.8. The number of hydrogen-bond acceptors (Lipinski definition) is 6. The number of esters is 1. The Bertz CT molecular complexity index is 676. The summed E-state index contributed by atoms with van der Waals surface area (Å²) < 4.78 is 5.17. The molecular formula is C21H35N5O2S. The van der Waals surface area contributed by atoms with Gasteiger partial charge in [-0.1, -0.05) is 0 Å². The Balaban J connectivity index is 1.37. The highest BCUT2D eigenvalue weighted by atomic mass is 32.1. The van der Waals surface area contributed by atoms with Gasteiger partial charge in [0.25, 0.3) is 0 Å². The number of likely N-dealkylation sites (tertiary alicyclic amines) is 2. The van der Waals surface area contributed by atoms with Crippen molar-refractivity contribution in [1.82, 2.24) is 20.1 Å². The number of hydrogen-bond donors (Lipinski definition) is 1. The second kappa shape index (κ2) is 10.9. The lowest BCUT2D eigenvalue weighted by Crippen LogP contribution is -2.48. The Kier molecular flexibility index (Phi) is 8.29. The van der Waals surface area contributed by atoms with E-state index in [-0.39, 0.29) is 11.9 Å². The second-order valence-electron chi connectivity index (χ2n) is 8.02. The molecule has 0 aromatic carbocycles. The molecular weight excluding hydrogens is 386 g/mol. The first kappa shape index (κ1) is 22.0. The fourth-order valence-corrected chi connectivity index (χ4v) is 4.82. The van der Waals surface area contributed by atoms with Crippen LogP contribution in [0.4, 0.5) is 0 Å². The molecule has 0 bridgehead atoms. The van der Waals surface area contributed by atoms with Gasteiger partial charge in [-0.15, -0.1) is 11.3 Å². The molecule has 2 aliphatic rings. The molecule has 29 heavy (non-hydrogen) atoms. The number of carbonyl (C=O) groups excluding carboxylic acids is 1. The smallest absolute Gasteiger partial charge is 0.309 e. The van der Waals surface area contributed by atoms with Gasteiger partial charge in [0, 0.05) is 38.6 Å². The highest BCUT2D eigenvalue weighted by molar-refractivity contribution is 7.09. The molecule has 0 saturated carbocycles. The molecule has 3 heterocycles. The van der Waals surface area contributed by atoms with Crippen LogP contribution in [-0.2, 0) is 16.1 Å². The minimum atomic E-state index is -0.0466. The molecule has 0 aliphatic carbocycles. The molecule has 0 radical (unpaired) electrons. The van der Waals surface area contributed by atoms with Gasteiger partial charge in [0.2, 0.25) is 0 Å². The summed E-state index contributed by atoms with van der Waals surface area (Å²) in [5, 5.41) is 6.90. The fourth-order valence-electron chi connectivity index (χ4n) is 4.21. The number of nitrogens with one attached hydrogen (secondary N) is 1. The molecule has 1 aromatic heterocycles. The molecule has 7 nitrogen and oxygen atoms in total. The Labute approximate surface area is 178 Å². The van der Waals surface area contributed by atoms with E-state index in [1.54, 1.807) is 11.3 Å². The number of piperidine rings is 2. The van der Waals surface area contributed by atoms with Gasteiger partial charge in [-0.3, -0.25) is 14.7 Å². The second-order valence-corrected chi connectivity index (χ2v) is 9.08. The van der Waals surface area contributed by atoms with Crippen molar-refractivity contribution in [3.63, 3.8) is 0 Å². The van der Waals surface area contributed by atoms with Crippen molar-refractivity contribution >= 4 is 23.3 Å². The maximum atomic E-state index is 11.9. The molecule has 1 aromatic rings. The Morgan fingerprint density at radius 3 is 2.59 bits per heavy atom. The third-order valence-corrected chi connectivity index (χ3v) is 6.76. The largest absolute Gasteiger partial charge is 0.466 e. The van der Waals surface area contributed by atoms with Gasteiger partial charge in [-0.05, 0) is 58.5 Å². The van der Waals surface area contributed by atoms with E-state index in [1.807, 2.05) is 14.0 Å². The van der Waals surface area contributed by atoms with Crippen LogP contribution >= 0.6 is 11.3 Å². The van der Waals surface area contributed by atoms with E-state index in [9.17, 15) is 4.79 Å². The zero-order valence-corrected chi connectivity index (χ0v) is 18.8. The van der Waals surface area contributed by atoms with Crippen LogP contribution in [-0.4, -0.2) is 73.1 Å².